The maximum absolute atomic E-state index is 12.7. The molecule has 1 rings (SSSR count). The third kappa shape index (κ3) is 29.3. The van der Waals surface area contributed by atoms with Crippen LogP contribution in [0.2, 0.25) is 0 Å². The molecule has 1 saturated heterocycles. The maximum atomic E-state index is 12.7. The highest BCUT2D eigenvalue weighted by Crippen LogP contribution is 2.22. The Hall–Kier alpha value is -2.60. The van der Waals surface area contributed by atoms with Crippen molar-refractivity contribution in [2.24, 2.45) is 0 Å². The predicted molar refractivity (Wildman–Crippen MR) is 228 cm³/mol. The minimum atomic E-state index is -1.61. The van der Waals surface area contributed by atoms with E-state index in [9.17, 15) is 30.0 Å². The molecule has 0 spiro atoms. The highest BCUT2D eigenvalue weighted by atomic mass is 16.7. The molecule has 0 aromatic rings. The standard InChI is InChI=1S/C47H80O10/c1-3-5-7-9-11-13-15-17-19-20-22-24-26-28-30-32-34-36-43(50)56-40(39-55-47-46(53)45(52)44(51)41(37-48)57-47)38-54-42(49)35-33-31-29-27-25-23-21-18-16-14-12-10-8-6-4-2/h12,14,18,21-22,24-25,27-28,30,40-41,44-48,51-53H,3-11,13,15-17,19-20,23,26,29,31-39H2,1-2H3/b14-12+,21-18+,24-22+,27-25+,30-28+/t40-,41-,44+,45?,46?,47-/m1/s1. The van der Waals surface area contributed by atoms with E-state index in [1.807, 2.05) is 0 Å². The van der Waals surface area contributed by atoms with Crippen molar-refractivity contribution < 1.29 is 49.0 Å². The van der Waals surface area contributed by atoms with Gasteiger partial charge in [-0.2, -0.15) is 0 Å². The molecule has 57 heavy (non-hydrogen) atoms. The molecule has 1 fully saturated rings. The Morgan fingerprint density at radius 1 is 0.544 bits per heavy atom. The molecule has 10 nitrogen and oxygen atoms in total. The highest BCUT2D eigenvalue weighted by Gasteiger charge is 2.44. The van der Waals surface area contributed by atoms with Crippen LogP contribution >= 0.6 is 0 Å². The van der Waals surface area contributed by atoms with E-state index in [-0.39, 0.29) is 26.1 Å². The van der Waals surface area contributed by atoms with E-state index in [0.717, 1.165) is 44.9 Å². The Balaban J connectivity index is 2.40. The van der Waals surface area contributed by atoms with Crippen LogP contribution in [0.4, 0.5) is 0 Å². The summed E-state index contributed by atoms with van der Waals surface area (Å²) in [6.07, 6.45) is 38.1. The van der Waals surface area contributed by atoms with Crippen molar-refractivity contribution in [3.63, 3.8) is 0 Å². The van der Waals surface area contributed by atoms with Crippen molar-refractivity contribution in [1.82, 2.24) is 0 Å². The summed E-state index contributed by atoms with van der Waals surface area (Å²) in [5.74, 6) is -0.908. The summed E-state index contributed by atoms with van der Waals surface area (Å²) in [4.78, 5) is 25.3. The van der Waals surface area contributed by atoms with Crippen molar-refractivity contribution in [3.8, 4) is 0 Å². The Bertz CT molecular complexity index is 1110. The second-order valence-electron chi connectivity index (χ2n) is 15.1. The first-order chi connectivity index (χ1) is 27.8. The number of esters is 2. The number of aliphatic hydroxyl groups excluding tert-OH is 4. The van der Waals surface area contributed by atoms with Gasteiger partial charge in [0.15, 0.2) is 12.4 Å². The van der Waals surface area contributed by atoms with Gasteiger partial charge in [0.25, 0.3) is 0 Å². The van der Waals surface area contributed by atoms with Gasteiger partial charge in [0.2, 0.25) is 0 Å². The van der Waals surface area contributed by atoms with E-state index in [0.29, 0.717) is 19.3 Å². The van der Waals surface area contributed by atoms with Crippen molar-refractivity contribution in [3.05, 3.63) is 60.8 Å². The second-order valence-corrected chi connectivity index (χ2v) is 15.1. The smallest absolute Gasteiger partial charge is 0.306 e. The van der Waals surface area contributed by atoms with Gasteiger partial charge in [0, 0.05) is 12.8 Å². The number of aliphatic hydroxyl groups is 4. The van der Waals surface area contributed by atoms with E-state index in [1.165, 1.54) is 77.0 Å². The van der Waals surface area contributed by atoms with Crippen LogP contribution in [0, 0.1) is 0 Å². The maximum Gasteiger partial charge on any atom is 0.306 e. The molecule has 0 bridgehead atoms. The van der Waals surface area contributed by atoms with Gasteiger partial charge in [-0.25, -0.2) is 0 Å². The Labute approximate surface area is 345 Å². The average molecular weight is 805 g/mol. The zero-order valence-corrected chi connectivity index (χ0v) is 35.6. The van der Waals surface area contributed by atoms with Crippen LogP contribution in [0.1, 0.15) is 168 Å². The summed E-state index contributed by atoms with van der Waals surface area (Å²) in [6.45, 7) is 3.30. The molecule has 0 saturated carbocycles. The SMILES string of the molecule is CCCCC/C=C/C/C=C/C/C=C/CCCCC(=O)OC[C@H](CO[C@@H]1O[C@H](CO)[C@H](O)C(O)C1O)OC(=O)CCC/C=C/C/C=C/CCCCCCCCCCC. The fourth-order valence-corrected chi connectivity index (χ4v) is 6.29. The lowest BCUT2D eigenvalue weighted by Gasteiger charge is -2.39. The van der Waals surface area contributed by atoms with Crippen LogP contribution in [0.25, 0.3) is 0 Å². The molecule has 0 aromatic carbocycles. The highest BCUT2D eigenvalue weighted by molar-refractivity contribution is 5.70. The van der Waals surface area contributed by atoms with Gasteiger partial charge in [-0.1, -0.05) is 139 Å². The number of carbonyl (C=O) groups is 2. The summed E-state index contributed by atoms with van der Waals surface area (Å²) in [5, 5.41) is 40.0. The first-order valence-electron chi connectivity index (χ1n) is 22.4. The van der Waals surface area contributed by atoms with E-state index >= 15 is 0 Å². The number of ether oxygens (including phenoxy) is 4. The number of carbonyl (C=O) groups excluding carboxylic acids is 2. The Kier molecular flexibility index (Phi) is 34.6. The summed E-state index contributed by atoms with van der Waals surface area (Å²) in [7, 11) is 0. The molecule has 10 heteroatoms. The zero-order valence-electron chi connectivity index (χ0n) is 35.6. The lowest BCUT2D eigenvalue weighted by atomic mass is 9.99. The third-order valence-electron chi connectivity index (χ3n) is 9.88. The number of rotatable bonds is 36. The van der Waals surface area contributed by atoms with Gasteiger partial charge in [-0.05, 0) is 77.0 Å². The van der Waals surface area contributed by atoms with Crippen LogP contribution in [0.5, 0.6) is 0 Å². The van der Waals surface area contributed by atoms with E-state index in [2.05, 4.69) is 74.6 Å². The number of unbranched alkanes of at least 4 members (excludes halogenated alkanes) is 15. The Morgan fingerprint density at radius 3 is 1.56 bits per heavy atom. The van der Waals surface area contributed by atoms with Gasteiger partial charge in [-0.3, -0.25) is 9.59 Å². The average Bonchev–Trinajstić information content (AvgIpc) is 3.21. The fourth-order valence-electron chi connectivity index (χ4n) is 6.29. The van der Waals surface area contributed by atoms with E-state index in [4.69, 9.17) is 18.9 Å². The summed E-state index contributed by atoms with van der Waals surface area (Å²) in [6, 6.07) is 0. The van der Waals surface area contributed by atoms with Gasteiger partial charge in [0.05, 0.1) is 13.2 Å². The number of allylic oxidation sites excluding steroid dienone is 10. The molecular formula is C47H80O10. The third-order valence-corrected chi connectivity index (χ3v) is 9.88. The summed E-state index contributed by atoms with van der Waals surface area (Å²) >= 11 is 0. The summed E-state index contributed by atoms with van der Waals surface area (Å²) < 4.78 is 22.1. The first kappa shape index (κ1) is 52.4. The van der Waals surface area contributed by atoms with Crippen LogP contribution in [0.15, 0.2) is 60.8 Å². The molecule has 0 aliphatic carbocycles. The molecule has 6 atom stereocenters. The van der Waals surface area contributed by atoms with Crippen molar-refractivity contribution in [2.45, 2.75) is 205 Å². The molecule has 328 valence electrons. The monoisotopic (exact) mass is 805 g/mol. The minimum Gasteiger partial charge on any atom is -0.462 e. The summed E-state index contributed by atoms with van der Waals surface area (Å²) in [5.41, 5.74) is 0. The molecule has 0 radical (unpaired) electrons. The van der Waals surface area contributed by atoms with Crippen molar-refractivity contribution in [1.29, 1.82) is 0 Å². The van der Waals surface area contributed by atoms with Crippen LogP contribution < -0.4 is 0 Å². The lowest BCUT2D eigenvalue weighted by Crippen LogP contribution is -2.59. The minimum absolute atomic E-state index is 0.156. The number of hydrogen-bond acceptors (Lipinski definition) is 10. The van der Waals surface area contributed by atoms with Crippen LogP contribution in [0.3, 0.4) is 0 Å². The van der Waals surface area contributed by atoms with Crippen LogP contribution in [-0.2, 0) is 28.5 Å². The molecule has 1 aliphatic rings. The molecule has 0 amide bonds. The zero-order chi connectivity index (χ0) is 41.6. The second kappa shape index (κ2) is 37.7. The van der Waals surface area contributed by atoms with Crippen LogP contribution in [-0.4, -0.2) is 89.0 Å². The number of hydrogen-bond donors (Lipinski definition) is 4. The molecule has 2 unspecified atom stereocenters. The molecule has 0 aromatic heterocycles. The van der Waals surface area contributed by atoms with Gasteiger partial charge < -0.3 is 39.4 Å². The molecular weight excluding hydrogens is 725 g/mol. The van der Waals surface area contributed by atoms with Crippen molar-refractivity contribution in [2.75, 3.05) is 19.8 Å². The predicted octanol–water partition coefficient (Wildman–Crippen LogP) is 9.44. The van der Waals surface area contributed by atoms with Gasteiger partial charge in [0.1, 0.15) is 31.0 Å². The van der Waals surface area contributed by atoms with E-state index < -0.39 is 55.4 Å². The Morgan fingerprint density at radius 2 is 1.00 bits per heavy atom. The van der Waals surface area contributed by atoms with Gasteiger partial charge >= 0.3 is 11.9 Å². The van der Waals surface area contributed by atoms with Gasteiger partial charge in [-0.15, -0.1) is 0 Å². The largest absolute Gasteiger partial charge is 0.462 e. The topological polar surface area (TPSA) is 152 Å². The lowest BCUT2D eigenvalue weighted by molar-refractivity contribution is -0.305. The van der Waals surface area contributed by atoms with Crippen molar-refractivity contribution >= 4 is 11.9 Å². The molecule has 1 aliphatic heterocycles. The molecule has 1 heterocycles. The van der Waals surface area contributed by atoms with E-state index in [1.54, 1.807) is 0 Å². The quantitative estimate of drug-likeness (QED) is 0.0274. The first-order valence-corrected chi connectivity index (χ1v) is 22.4. The fraction of sp³-hybridized carbons (Fsp3) is 0.745. The molecule has 4 N–H and O–H groups in total. The normalized spacial score (nSPS) is 20.8.